The SMILES string of the molecule is N#Cc1c([N+](=O)[O-])cc([N+](=O)[O-])c(Nn2c3ccccc3c3ccccc32)c1[N+](=O)[O-]. The van der Waals surface area contributed by atoms with Crippen LogP contribution in [0.4, 0.5) is 22.7 Å². The Morgan fingerprint density at radius 1 is 0.806 bits per heavy atom. The molecule has 1 heterocycles. The van der Waals surface area contributed by atoms with Crippen LogP contribution in [0.25, 0.3) is 21.8 Å². The Balaban J connectivity index is 2.10. The van der Waals surface area contributed by atoms with Crippen LogP contribution in [0.15, 0.2) is 54.6 Å². The van der Waals surface area contributed by atoms with Crippen LogP contribution in [0, 0.1) is 41.7 Å². The first kappa shape index (κ1) is 19.3. The summed E-state index contributed by atoms with van der Waals surface area (Å²) in [6, 6.07) is 16.0. The second-order valence-corrected chi connectivity index (χ2v) is 6.38. The summed E-state index contributed by atoms with van der Waals surface area (Å²) in [6.45, 7) is 0. The molecule has 0 saturated heterocycles. The maximum atomic E-state index is 11.8. The highest BCUT2D eigenvalue weighted by molar-refractivity contribution is 6.08. The Hall–Kier alpha value is -5.05. The molecule has 1 aromatic heterocycles. The topological polar surface area (TPSA) is 170 Å². The number of hydrogen-bond acceptors (Lipinski definition) is 8. The largest absolute Gasteiger partial charge is 0.325 e. The maximum absolute atomic E-state index is 11.8. The van der Waals surface area contributed by atoms with Gasteiger partial charge in [0.15, 0.2) is 0 Å². The van der Waals surface area contributed by atoms with Gasteiger partial charge in [0.05, 0.1) is 31.9 Å². The second kappa shape index (κ2) is 7.08. The highest BCUT2D eigenvalue weighted by Crippen LogP contribution is 2.43. The Kier molecular flexibility index (Phi) is 4.40. The fraction of sp³-hybridized carbons (Fsp3) is 0. The van der Waals surface area contributed by atoms with E-state index in [4.69, 9.17) is 0 Å². The average Bonchev–Trinajstić information content (AvgIpc) is 3.06. The maximum Gasteiger partial charge on any atom is 0.325 e. The summed E-state index contributed by atoms with van der Waals surface area (Å²) >= 11 is 0. The number of nitro benzene ring substituents is 3. The molecule has 12 heteroatoms. The molecule has 0 aliphatic rings. The third kappa shape index (κ3) is 2.93. The second-order valence-electron chi connectivity index (χ2n) is 6.38. The predicted octanol–water partition coefficient (Wildman–Crippen LogP) is 4.27. The standard InChI is InChI=1S/C19H10N6O6/c20-10-13-16(23(26)27)9-17(24(28)29)18(19(13)25(30)31)21-22-14-7-3-1-5-11(14)12-6-2-4-8-15(12)22/h1-9,21H. The van der Waals surface area contributed by atoms with E-state index in [1.165, 1.54) is 10.7 Å². The number of hydrogen-bond donors (Lipinski definition) is 1. The van der Waals surface area contributed by atoms with Crippen molar-refractivity contribution in [1.82, 2.24) is 4.68 Å². The van der Waals surface area contributed by atoms with Crippen molar-refractivity contribution in [3.05, 3.63) is 90.5 Å². The zero-order chi connectivity index (χ0) is 22.3. The van der Waals surface area contributed by atoms with E-state index in [1.807, 2.05) is 12.1 Å². The van der Waals surface area contributed by atoms with Gasteiger partial charge in [-0.25, -0.2) is 0 Å². The molecule has 0 fully saturated rings. The molecule has 0 saturated carbocycles. The quantitative estimate of drug-likeness (QED) is 0.370. The van der Waals surface area contributed by atoms with Crippen LogP contribution < -0.4 is 5.43 Å². The van der Waals surface area contributed by atoms with E-state index in [2.05, 4.69) is 5.43 Å². The molecule has 4 rings (SSSR count). The average molecular weight is 418 g/mol. The van der Waals surface area contributed by atoms with E-state index in [1.54, 1.807) is 36.4 Å². The zero-order valence-electron chi connectivity index (χ0n) is 15.4. The van der Waals surface area contributed by atoms with E-state index in [0.717, 1.165) is 10.8 Å². The molecule has 12 nitrogen and oxygen atoms in total. The molecule has 0 atom stereocenters. The summed E-state index contributed by atoms with van der Waals surface area (Å²) in [6.07, 6.45) is 0. The molecule has 0 bridgehead atoms. The van der Waals surface area contributed by atoms with Crippen molar-refractivity contribution >= 4 is 44.6 Å². The van der Waals surface area contributed by atoms with Crippen LogP contribution in [0.2, 0.25) is 0 Å². The van der Waals surface area contributed by atoms with Crippen LogP contribution in [0.3, 0.4) is 0 Å². The predicted molar refractivity (Wildman–Crippen MR) is 110 cm³/mol. The Morgan fingerprint density at radius 2 is 1.32 bits per heavy atom. The van der Waals surface area contributed by atoms with Crippen molar-refractivity contribution in [1.29, 1.82) is 5.26 Å². The minimum Gasteiger partial charge on any atom is -0.281 e. The lowest BCUT2D eigenvalue weighted by atomic mass is 10.1. The number of para-hydroxylation sites is 2. The molecule has 1 N–H and O–H groups in total. The number of nitriles is 1. The molecule has 152 valence electrons. The summed E-state index contributed by atoms with van der Waals surface area (Å²) < 4.78 is 1.41. The van der Waals surface area contributed by atoms with Gasteiger partial charge in [-0.3, -0.25) is 40.4 Å². The van der Waals surface area contributed by atoms with Gasteiger partial charge >= 0.3 is 17.1 Å². The van der Waals surface area contributed by atoms with Crippen molar-refractivity contribution in [3.63, 3.8) is 0 Å². The molecular weight excluding hydrogens is 408 g/mol. The molecule has 31 heavy (non-hydrogen) atoms. The van der Waals surface area contributed by atoms with Gasteiger partial charge in [0, 0.05) is 10.8 Å². The van der Waals surface area contributed by atoms with Gasteiger partial charge in [-0.1, -0.05) is 36.4 Å². The van der Waals surface area contributed by atoms with Crippen molar-refractivity contribution in [2.24, 2.45) is 0 Å². The van der Waals surface area contributed by atoms with E-state index < -0.39 is 43.1 Å². The molecule has 0 spiro atoms. The van der Waals surface area contributed by atoms with E-state index in [-0.39, 0.29) is 0 Å². The number of nitrogens with one attached hydrogen (secondary N) is 1. The van der Waals surface area contributed by atoms with E-state index in [0.29, 0.717) is 17.1 Å². The summed E-state index contributed by atoms with van der Waals surface area (Å²) in [7, 11) is 0. The number of fused-ring (bicyclic) bond motifs is 3. The number of rotatable bonds is 5. The third-order valence-electron chi connectivity index (χ3n) is 4.75. The normalized spacial score (nSPS) is 10.7. The van der Waals surface area contributed by atoms with Gasteiger partial charge in [-0.2, -0.15) is 5.26 Å². The molecule has 0 unspecified atom stereocenters. The van der Waals surface area contributed by atoms with Crippen LogP contribution >= 0.6 is 0 Å². The number of nitro groups is 3. The van der Waals surface area contributed by atoms with Crippen LogP contribution in [0.5, 0.6) is 0 Å². The van der Waals surface area contributed by atoms with Crippen LogP contribution in [-0.4, -0.2) is 19.4 Å². The molecule has 4 aromatic rings. The Morgan fingerprint density at radius 3 is 1.77 bits per heavy atom. The van der Waals surface area contributed by atoms with E-state index >= 15 is 0 Å². The number of nitrogens with zero attached hydrogens (tertiary/aromatic N) is 5. The lowest BCUT2D eigenvalue weighted by Crippen LogP contribution is -2.13. The minimum absolute atomic E-state index is 0.543. The summed E-state index contributed by atoms with van der Waals surface area (Å²) in [5.74, 6) is 0. The molecule has 0 amide bonds. The molecule has 3 aromatic carbocycles. The first-order valence-corrected chi connectivity index (χ1v) is 8.64. The molecule has 0 aliphatic heterocycles. The first-order chi connectivity index (χ1) is 14.8. The fourth-order valence-corrected chi connectivity index (χ4v) is 3.49. The monoisotopic (exact) mass is 418 g/mol. The first-order valence-electron chi connectivity index (χ1n) is 8.64. The molecular formula is C19H10N6O6. The van der Waals surface area contributed by atoms with Gasteiger partial charge in [0.1, 0.15) is 6.07 Å². The van der Waals surface area contributed by atoms with Crippen molar-refractivity contribution in [2.75, 3.05) is 5.43 Å². The lowest BCUT2D eigenvalue weighted by Gasteiger charge is -2.12. The smallest absolute Gasteiger partial charge is 0.281 e. The van der Waals surface area contributed by atoms with Crippen molar-refractivity contribution < 1.29 is 14.8 Å². The van der Waals surface area contributed by atoms with Gasteiger partial charge in [0.25, 0.3) is 0 Å². The van der Waals surface area contributed by atoms with Crippen LogP contribution in [0.1, 0.15) is 5.56 Å². The van der Waals surface area contributed by atoms with Gasteiger partial charge in [0.2, 0.25) is 11.3 Å². The highest BCUT2D eigenvalue weighted by atomic mass is 16.6. The molecule has 0 radical (unpaired) electrons. The van der Waals surface area contributed by atoms with Crippen LogP contribution in [-0.2, 0) is 0 Å². The van der Waals surface area contributed by atoms with Crippen molar-refractivity contribution in [3.8, 4) is 6.07 Å². The minimum atomic E-state index is -1.07. The Bertz CT molecular complexity index is 1420. The highest BCUT2D eigenvalue weighted by Gasteiger charge is 2.37. The van der Waals surface area contributed by atoms with Gasteiger partial charge in [-0.05, 0) is 12.1 Å². The van der Waals surface area contributed by atoms with Crippen molar-refractivity contribution in [2.45, 2.75) is 0 Å². The number of anilines is 1. The third-order valence-corrected chi connectivity index (χ3v) is 4.75. The fourth-order valence-electron chi connectivity index (χ4n) is 3.49. The number of aromatic nitrogens is 1. The summed E-state index contributed by atoms with van der Waals surface area (Å²) in [5.41, 5.74) is -0.706. The molecule has 0 aliphatic carbocycles. The van der Waals surface area contributed by atoms with E-state index in [9.17, 15) is 35.6 Å². The summed E-state index contributed by atoms with van der Waals surface area (Å²) in [5, 5.41) is 45.6. The summed E-state index contributed by atoms with van der Waals surface area (Å²) in [4.78, 5) is 31.6. The van der Waals surface area contributed by atoms with Gasteiger partial charge < -0.3 is 0 Å². The van der Waals surface area contributed by atoms with Gasteiger partial charge in [-0.15, -0.1) is 0 Å². The lowest BCUT2D eigenvalue weighted by molar-refractivity contribution is -0.402. The zero-order valence-corrected chi connectivity index (χ0v) is 15.4. The Labute approximate surface area is 172 Å². The number of benzene rings is 3.